The topological polar surface area (TPSA) is 47.6 Å². The lowest BCUT2D eigenvalue weighted by molar-refractivity contribution is -0.125. The highest BCUT2D eigenvalue weighted by molar-refractivity contribution is 6.35. The van der Waals surface area contributed by atoms with E-state index in [1.165, 1.54) is 0 Å². The summed E-state index contributed by atoms with van der Waals surface area (Å²) in [4.78, 5) is 13.4. The lowest BCUT2D eigenvalue weighted by Gasteiger charge is -2.37. The maximum Gasteiger partial charge on any atom is 0.235 e. The summed E-state index contributed by atoms with van der Waals surface area (Å²) in [5, 5.41) is 4.12. The Hall–Kier alpha value is -1.75. The summed E-state index contributed by atoms with van der Waals surface area (Å²) in [6.07, 6.45) is 1.22. The quantitative estimate of drug-likeness (QED) is 0.665. The van der Waals surface area contributed by atoms with E-state index < -0.39 is 5.41 Å². The van der Waals surface area contributed by atoms with Gasteiger partial charge in [-0.25, -0.2) is 0 Å². The average molecular weight is 422 g/mol. The number of benzene rings is 2. The Morgan fingerprint density at radius 2 is 1.86 bits per heavy atom. The number of amides is 1. The number of hydrogen-bond donors (Lipinski definition) is 1. The summed E-state index contributed by atoms with van der Waals surface area (Å²) in [5.74, 6) is 0.728. The molecular weight excluding hydrogens is 397 g/mol. The molecule has 1 heterocycles. The van der Waals surface area contributed by atoms with E-state index in [-0.39, 0.29) is 12.0 Å². The van der Waals surface area contributed by atoms with Gasteiger partial charge in [0.15, 0.2) is 0 Å². The van der Waals surface area contributed by atoms with Crippen LogP contribution >= 0.6 is 23.2 Å². The Kier molecular flexibility index (Phi) is 6.54. The Labute approximate surface area is 176 Å². The molecule has 0 unspecified atom stereocenters. The molecule has 1 saturated heterocycles. The molecule has 0 radical (unpaired) electrons. The smallest absolute Gasteiger partial charge is 0.235 e. The largest absolute Gasteiger partial charge is 0.491 e. The lowest BCUT2D eigenvalue weighted by Crippen LogP contribution is -2.45. The minimum atomic E-state index is -0.749. The molecule has 1 amide bonds. The molecule has 2 aromatic rings. The van der Waals surface area contributed by atoms with Crippen molar-refractivity contribution >= 4 is 34.8 Å². The highest BCUT2D eigenvalue weighted by Gasteiger charge is 2.43. The Morgan fingerprint density at radius 3 is 2.46 bits per heavy atom. The number of anilines is 1. The zero-order chi connectivity index (χ0) is 20.3. The van der Waals surface area contributed by atoms with Gasteiger partial charge in [-0.3, -0.25) is 4.79 Å². The minimum absolute atomic E-state index is 0.0862. The van der Waals surface area contributed by atoms with Gasteiger partial charge in [-0.15, -0.1) is 0 Å². The number of carbonyl (C=O) groups is 1. The van der Waals surface area contributed by atoms with E-state index in [9.17, 15) is 4.79 Å². The van der Waals surface area contributed by atoms with E-state index in [1.54, 1.807) is 12.1 Å². The molecule has 1 N–H and O–H groups in total. The fraction of sp³-hybridized carbons (Fsp3) is 0.409. The molecule has 0 saturated carbocycles. The van der Waals surface area contributed by atoms with Crippen LogP contribution in [0.4, 0.5) is 5.69 Å². The van der Waals surface area contributed by atoms with Crippen molar-refractivity contribution < 1.29 is 14.3 Å². The van der Waals surface area contributed by atoms with Gasteiger partial charge in [0.05, 0.1) is 11.5 Å². The number of hydrogen-bond acceptors (Lipinski definition) is 3. The van der Waals surface area contributed by atoms with Crippen molar-refractivity contribution in [1.82, 2.24) is 0 Å². The van der Waals surface area contributed by atoms with Crippen molar-refractivity contribution in [3.63, 3.8) is 0 Å². The van der Waals surface area contributed by atoms with Crippen LogP contribution in [-0.2, 0) is 14.9 Å². The molecule has 0 atom stereocenters. The third-order valence-corrected chi connectivity index (χ3v) is 5.57. The monoisotopic (exact) mass is 421 g/mol. The molecule has 1 fully saturated rings. The summed E-state index contributed by atoms with van der Waals surface area (Å²) < 4.78 is 11.3. The fourth-order valence-electron chi connectivity index (χ4n) is 3.58. The molecule has 28 heavy (non-hydrogen) atoms. The number of halogens is 2. The van der Waals surface area contributed by atoms with E-state index in [1.807, 2.05) is 45.0 Å². The Balaban J connectivity index is 1.90. The second-order valence-corrected chi connectivity index (χ2v) is 8.26. The number of nitrogens with one attached hydrogen (secondary N) is 1. The molecule has 1 aliphatic rings. The molecule has 2 aromatic carbocycles. The molecule has 150 valence electrons. The van der Waals surface area contributed by atoms with Crippen LogP contribution in [0.2, 0.25) is 10.0 Å². The summed E-state index contributed by atoms with van der Waals surface area (Å²) in [5.41, 5.74) is 1.74. The van der Waals surface area contributed by atoms with Crippen molar-refractivity contribution in [2.75, 3.05) is 18.5 Å². The van der Waals surface area contributed by atoms with Crippen LogP contribution in [0.15, 0.2) is 36.4 Å². The highest BCUT2D eigenvalue weighted by Crippen LogP contribution is 2.40. The third kappa shape index (κ3) is 4.45. The van der Waals surface area contributed by atoms with Crippen molar-refractivity contribution in [1.29, 1.82) is 0 Å². The van der Waals surface area contributed by atoms with E-state index in [2.05, 4.69) is 5.32 Å². The maximum atomic E-state index is 13.4. The van der Waals surface area contributed by atoms with E-state index in [0.29, 0.717) is 36.1 Å². The molecule has 1 aliphatic heterocycles. The summed E-state index contributed by atoms with van der Waals surface area (Å²) in [7, 11) is 0. The standard InChI is InChI=1S/C22H25Cl2NO3/c1-14(2)28-20-7-5-17(12-15(20)3)25-21(26)22(8-10-27-11-9-22)18-6-4-16(23)13-19(18)24/h4-7,12-14H,8-11H2,1-3H3,(H,25,26). The average Bonchev–Trinajstić information content (AvgIpc) is 2.64. The normalized spacial score (nSPS) is 16.1. The first-order valence-electron chi connectivity index (χ1n) is 9.44. The zero-order valence-corrected chi connectivity index (χ0v) is 17.9. The van der Waals surface area contributed by atoms with Gasteiger partial charge in [0.2, 0.25) is 5.91 Å². The highest BCUT2D eigenvalue weighted by atomic mass is 35.5. The van der Waals surface area contributed by atoms with Crippen molar-refractivity contribution in [2.45, 2.75) is 45.1 Å². The van der Waals surface area contributed by atoms with E-state index in [4.69, 9.17) is 32.7 Å². The first kappa shape index (κ1) is 21.0. The van der Waals surface area contributed by atoms with Crippen LogP contribution in [0, 0.1) is 6.92 Å². The molecular formula is C22H25Cl2NO3. The second kappa shape index (κ2) is 8.73. The van der Waals surface area contributed by atoms with Crippen LogP contribution < -0.4 is 10.1 Å². The van der Waals surface area contributed by atoms with Crippen LogP contribution in [0.25, 0.3) is 0 Å². The first-order valence-corrected chi connectivity index (χ1v) is 10.2. The molecule has 3 rings (SSSR count). The van der Waals surface area contributed by atoms with Gasteiger partial charge < -0.3 is 14.8 Å². The SMILES string of the molecule is Cc1cc(NC(=O)C2(c3ccc(Cl)cc3Cl)CCOCC2)ccc1OC(C)C. The lowest BCUT2D eigenvalue weighted by atomic mass is 9.73. The molecule has 4 nitrogen and oxygen atoms in total. The molecule has 6 heteroatoms. The zero-order valence-electron chi connectivity index (χ0n) is 16.4. The predicted molar refractivity (Wildman–Crippen MR) is 114 cm³/mol. The van der Waals surface area contributed by atoms with Gasteiger partial charge in [-0.05, 0) is 75.1 Å². The maximum absolute atomic E-state index is 13.4. The third-order valence-electron chi connectivity index (χ3n) is 5.02. The summed E-state index contributed by atoms with van der Waals surface area (Å²) in [6.45, 7) is 6.95. The van der Waals surface area contributed by atoms with Gasteiger partial charge >= 0.3 is 0 Å². The van der Waals surface area contributed by atoms with Crippen LogP contribution in [-0.4, -0.2) is 25.2 Å². The van der Waals surface area contributed by atoms with Crippen molar-refractivity contribution in [3.05, 3.63) is 57.6 Å². The first-order chi connectivity index (χ1) is 13.3. The summed E-state index contributed by atoms with van der Waals surface area (Å²) >= 11 is 12.5. The fourth-order valence-corrected chi connectivity index (χ4v) is 4.17. The minimum Gasteiger partial charge on any atom is -0.491 e. The molecule has 0 aromatic heterocycles. The van der Waals surface area contributed by atoms with Crippen molar-refractivity contribution in [3.8, 4) is 5.75 Å². The Bertz CT molecular complexity index is 861. The van der Waals surface area contributed by atoms with Crippen LogP contribution in [0.5, 0.6) is 5.75 Å². The van der Waals surface area contributed by atoms with Gasteiger partial charge in [-0.2, -0.15) is 0 Å². The number of ether oxygens (including phenoxy) is 2. The predicted octanol–water partition coefficient (Wildman–Crippen LogP) is 5.78. The van der Waals surface area contributed by atoms with E-state index >= 15 is 0 Å². The van der Waals surface area contributed by atoms with Crippen LogP contribution in [0.1, 0.15) is 37.8 Å². The Morgan fingerprint density at radius 1 is 1.14 bits per heavy atom. The molecule has 0 aliphatic carbocycles. The number of carbonyl (C=O) groups excluding carboxylic acids is 1. The van der Waals surface area contributed by atoms with E-state index in [0.717, 1.165) is 22.6 Å². The van der Waals surface area contributed by atoms with Crippen molar-refractivity contribution in [2.24, 2.45) is 0 Å². The van der Waals surface area contributed by atoms with Gasteiger partial charge in [0.25, 0.3) is 0 Å². The summed E-state index contributed by atoms with van der Waals surface area (Å²) in [6, 6.07) is 11.0. The number of aryl methyl sites for hydroxylation is 1. The van der Waals surface area contributed by atoms with Gasteiger partial charge in [0.1, 0.15) is 5.75 Å². The van der Waals surface area contributed by atoms with Crippen LogP contribution in [0.3, 0.4) is 0 Å². The van der Waals surface area contributed by atoms with Gasteiger partial charge in [-0.1, -0.05) is 29.3 Å². The molecule has 0 bridgehead atoms. The molecule has 0 spiro atoms. The number of rotatable bonds is 5. The second-order valence-electron chi connectivity index (χ2n) is 7.42. The van der Waals surface area contributed by atoms with Gasteiger partial charge in [0, 0.05) is 28.9 Å².